The van der Waals surface area contributed by atoms with Crippen molar-refractivity contribution in [2.45, 2.75) is 25.7 Å². The summed E-state index contributed by atoms with van der Waals surface area (Å²) in [5, 5.41) is 10.8. The van der Waals surface area contributed by atoms with Crippen LogP contribution in [0.2, 0.25) is 0 Å². The molecule has 2 aromatic rings. The number of aryl methyl sites for hydroxylation is 1. The fourth-order valence-corrected chi connectivity index (χ4v) is 2.35. The van der Waals surface area contributed by atoms with Crippen LogP contribution in [0.3, 0.4) is 0 Å². The standard InChI is InChI=1S/C18H23N3/c19-14-16-10-11-17(20)13-18(16)21-12-6-2-5-9-15-7-3-1-4-8-15/h1,3-4,7-8,10-11,13-14,19,21H,2,5-6,9,12,20H2. The van der Waals surface area contributed by atoms with Crippen molar-refractivity contribution in [3.05, 3.63) is 59.7 Å². The van der Waals surface area contributed by atoms with Crippen molar-refractivity contribution >= 4 is 17.6 Å². The Balaban J connectivity index is 1.68. The highest BCUT2D eigenvalue weighted by Gasteiger charge is 2.00. The monoisotopic (exact) mass is 281 g/mol. The Labute approximate surface area is 126 Å². The molecule has 3 heteroatoms. The number of hydrogen-bond donors (Lipinski definition) is 3. The third kappa shape index (κ3) is 4.95. The molecule has 0 heterocycles. The van der Waals surface area contributed by atoms with Crippen LogP contribution in [0.5, 0.6) is 0 Å². The van der Waals surface area contributed by atoms with E-state index in [0.717, 1.165) is 36.3 Å². The SMILES string of the molecule is N=Cc1ccc(N)cc1NCCCCCc1ccccc1. The molecule has 0 aromatic heterocycles. The number of hydrogen-bond acceptors (Lipinski definition) is 3. The summed E-state index contributed by atoms with van der Waals surface area (Å²) in [6.07, 6.45) is 6.03. The molecular formula is C18H23N3. The van der Waals surface area contributed by atoms with Gasteiger partial charge in [-0.1, -0.05) is 36.8 Å². The quantitative estimate of drug-likeness (QED) is 0.387. The van der Waals surface area contributed by atoms with Gasteiger partial charge in [-0.15, -0.1) is 0 Å². The number of nitrogens with two attached hydrogens (primary N) is 1. The Morgan fingerprint density at radius 2 is 1.81 bits per heavy atom. The molecule has 3 nitrogen and oxygen atoms in total. The first-order valence-electron chi connectivity index (χ1n) is 7.47. The van der Waals surface area contributed by atoms with E-state index < -0.39 is 0 Å². The van der Waals surface area contributed by atoms with E-state index in [-0.39, 0.29) is 0 Å². The van der Waals surface area contributed by atoms with Gasteiger partial charge in [-0.3, -0.25) is 0 Å². The van der Waals surface area contributed by atoms with Crippen LogP contribution in [0.15, 0.2) is 48.5 Å². The molecule has 0 aliphatic heterocycles. The molecule has 110 valence electrons. The third-order valence-electron chi connectivity index (χ3n) is 3.53. The van der Waals surface area contributed by atoms with Gasteiger partial charge in [0.1, 0.15) is 0 Å². The highest BCUT2D eigenvalue weighted by Crippen LogP contribution is 2.17. The molecule has 0 radical (unpaired) electrons. The van der Waals surface area contributed by atoms with Crippen LogP contribution >= 0.6 is 0 Å². The molecule has 0 saturated carbocycles. The summed E-state index contributed by atoms with van der Waals surface area (Å²) in [6, 6.07) is 16.2. The second kappa shape index (κ2) is 8.10. The molecule has 0 atom stereocenters. The second-order valence-corrected chi connectivity index (χ2v) is 5.21. The van der Waals surface area contributed by atoms with E-state index in [1.807, 2.05) is 18.2 Å². The summed E-state index contributed by atoms with van der Waals surface area (Å²) < 4.78 is 0. The summed E-state index contributed by atoms with van der Waals surface area (Å²) >= 11 is 0. The van der Waals surface area contributed by atoms with Crippen molar-refractivity contribution in [1.82, 2.24) is 0 Å². The molecule has 0 aliphatic rings. The van der Waals surface area contributed by atoms with Crippen LogP contribution in [0.25, 0.3) is 0 Å². The average Bonchev–Trinajstić information content (AvgIpc) is 2.52. The lowest BCUT2D eigenvalue weighted by Crippen LogP contribution is -2.05. The maximum absolute atomic E-state index is 7.39. The summed E-state index contributed by atoms with van der Waals surface area (Å²) in [4.78, 5) is 0. The molecule has 0 aliphatic carbocycles. The van der Waals surface area contributed by atoms with Crippen molar-refractivity contribution in [2.24, 2.45) is 0 Å². The predicted octanol–water partition coefficient (Wildman–Crippen LogP) is 4.09. The van der Waals surface area contributed by atoms with Crippen LogP contribution in [0.4, 0.5) is 11.4 Å². The number of anilines is 2. The fourth-order valence-electron chi connectivity index (χ4n) is 2.35. The predicted molar refractivity (Wildman–Crippen MR) is 91.2 cm³/mol. The molecular weight excluding hydrogens is 258 g/mol. The number of unbranched alkanes of at least 4 members (excludes halogenated alkanes) is 2. The van der Waals surface area contributed by atoms with E-state index in [1.54, 1.807) is 0 Å². The second-order valence-electron chi connectivity index (χ2n) is 5.21. The van der Waals surface area contributed by atoms with Crippen molar-refractivity contribution < 1.29 is 0 Å². The normalized spacial score (nSPS) is 10.3. The zero-order chi connectivity index (χ0) is 14.9. The molecule has 0 spiro atoms. The van der Waals surface area contributed by atoms with Gasteiger partial charge in [0, 0.05) is 29.7 Å². The van der Waals surface area contributed by atoms with E-state index in [9.17, 15) is 0 Å². The van der Waals surface area contributed by atoms with Crippen molar-refractivity contribution in [3.8, 4) is 0 Å². The Morgan fingerprint density at radius 1 is 1.00 bits per heavy atom. The molecule has 0 amide bonds. The maximum atomic E-state index is 7.39. The molecule has 0 saturated heterocycles. The molecule has 2 aromatic carbocycles. The zero-order valence-corrected chi connectivity index (χ0v) is 12.3. The Bertz CT molecular complexity index is 564. The van der Waals surface area contributed by atoms with Gasteiger partial charge in [0.25, 0.3) is 0 Å². The number of benzene rings is 2. The Morgan fingerprint density at radius 3 is 2.57 bits per heavy atom. The van der Waals surface area contributed by atoms with Crippen LogP contribution in [-0.2, 0) is 6.42 Å². The largest absolute Gasteiger partial charge is 0.399 e. The first-order chi connectivity index (χ1) is 10.3. The highest BCUT2D eigenvalue weighted by atomic mass is 14.9. The van der Waals surface area contributed by atoms with Gasteiger partial charge in [0.15, 0.2) is 0 Å². The molecule has 0 unspecified atom stereocenters. The minimum Gasteiger partial charge on any atom is -0.399 e. The molecule has 21 heavy (non-hydrogen) atoms. The minimum absolute atomic E-state index is 0.729. The van der Waals surface area contributed by atoms with E-state index in [4.69, 9.17) is 11.1 Å². The van der Waals surface area contributed by atoms with E-state index >= 15 is 0 Å². The Kier molecular flexibility index (Phi) is 5.83. The summed E-state index contributed by atoms with van der Waals surface area (Å²) in [7, 11) is 0. The van der Waals surface area contributed by atoms with Crippen molar-refractivity contribution in [1.29, 1.82) is 5.41 Å². The molecule has 4 N–H and O–H groups in total. The highest BCUT2D eigenvalue weighted by molar-refractivity contribution is 5.87. The average molecular weight is 281 g/mol. The van der Waals surface area contributed by atoms with Crippen molar-refractivity contribution in [3.63, 3.8) is 0 Å². The lowest BCUT2D eigenvalue weighted by Gasteiger charge is -2.10. The number of nitrogens with one attached hydrogen (secondary N) is 2. The van der Waals surface area contributed by atoms with Gasteiger partial charge >= 0.3 is 0 Å². The minimum atomic E-state index is 0.729. The van der Waals surface area contributed by atoms with Crippen LogP contribution in [0, 0.1) is 5.41 Å². The van der Waals surface area contributed by atoms with E-state index in [0.29, 0.717) is 0 Å². The van der Waals surface area contributed by atoms with Crippen LogP contribution in [-0.4, -0.2) is 12.8 Å². The third-order valence-corrected chi connectivity index (χ3v) is 3.53. The molecule has 0 fully saturated rings. The maximum Gasteiger partial charge on any atom is 0.0449 e. The van der Waals surface area contributed by atoms with E-state index in [2.05, 4.69) is 35.6 Å². The molecule has 0 bridgehead atoms. The lowest BCUT2D eigenvalue weighted by molar-refractivity contribution is 0.698. The number of rotatable bonds is 8. The first kappa shape index (κ1) is 15.1. The summed E-state index contributed by atoms with van der Waals surface area (Å²) in [5.41, 5.74) is 9.76. The fraction of sp³-hybridized carbons (Fsp3) is 0.278. The zero-order valence-electron chi connectivity index (χ0n) is 12.3. The summed E-state index contributed by atoms with van der Waals surface area (Å²) in [6.45, 7) is 0.916. The van der Waals surface area contributed by atoms with Gasteiger partial charge in [-0.05, 0) is 43.0 Å². The topological polar surface area (TPSA) is 61.9 Å². The van der Waals surface area contributed by atoms with Crippen LogP contribution < -0.4 is 11.1 Å². The summed E-state index contributed by atoms with van der Waals surface area (Å²) in [5.74, 6) is 0. The van der Waals surface area contributed by atoms with Gasteiger partial charge < -0.3 is 16.5 Å². The van der Waals surface area contributed by atoms with Gasteiger partial charge in [-0.25, -0.2) is 0 Å². The van der Waals surface area contributed by atoms with Gasteiger partial charge in [-0.2, -0.15) is 0 Å². The lowest BCUT2D eigenvalue weighted by atomic mass is 10.1. The smallest absolute Gasteiger partial charge is 0.0449 e. The number of nitrogen functional groups attached to an aromatic ring is 1. The van der Waals surface area contributed by atoms with Crippen LogP contribution in [0.1, 0.15) is 30.4 Å². The van der Waals surface area contributed by atoms with Gasteiger partial charge in [0.05, 0.1) is 0 Å². The van der Waals surface area contributed by atoms with E-state index in [1.165, 1.54) is 24.6 Å². The Hall–Kier alpha value is -2.29. The van der Waals surface area contributed by atoms with Gasteiger partial charge in [0.2, 0.25) is 0 Å². The van der Waals surface area contributed by atoms with Crippen molar-refractivity contribution in [2.75, 3.05) is 17.6 Å². The molecule has 2 rings (SSSR count). The first-order valence-corrected chi connectivity index (χ1v) is 7.47.